The number of phenols is 1. The second kappa shape index (κ2) is 5.70. The molecule has 5 aromatic rings. The zero-order valence-corrected chi connectivity index (χ0v) is 18.6. The second-order valence-corrected chi connectivity index (χ2v) is 14.6. The average Bonchev–Trinajstić information content (AvgIpc) is 3.03. The highest BCUT2D eigenvalue weighted by atomic mass is 28.3. The van der Waals surface area contributed by atoms with Crippen molar-refractivity contribution in [1.29, 1.82) is 0 Å². The van der Waals surface area contributed by atoms with E-state index < -0.39 is 8.24 Å². The van der Waals surface area contributed by atoms with Crippen LogP contribution >= 0.6 is 0 Å². The van der Waals surface area contributed by atoms with Crippen molar-refractivity contribution in [2.45, 2.75) is 38.9 Å². The predicted octanol–water partition coefficient (Wildman–Crippen LogP) is 4.54. The highest BCUT2D eigenvalue weighted by Crippen LogP contribution is 2.38. The van der Waals surface area contributed by atoms with Gasteiger partial charge in [-0.1, -0.05) is 33.9 Å². The van der Waals surface area contributed by atoms with E-state index in [1.54, 1.807) is 30.5 Å². The van der Waals surface area contributed by atoms with E-state index in [9.17, 15) is 14.7 Å². The normalized spacial score (nSPS) is 13.2. The van der Waals surface area contributed by atoms with Gasteiger partial charge in [-0.15, -0.1) is 0 Å². The molecule has 2 aromatic carbocycles. The molecule has 0 fully saturated rings. The Morgan fingerprint density at radius 1 is 0.967 bits per heavy atom. The van der Waals surface area contributed by atoms with Gasteiger partial charge in [0.25, 0.3) is 11.1 Å². The molecule has 3 heterocycles. The topological polar surface area (TPSA) is 88.0 Å². The molecule has 0 atom stereocenters. The molecule has 3 aromatic heterocycles. The van der Waals surface area contributed by atoms with Crippen molar-refractivity contribution < 1.29 is 5.11 Å². The molecule has 0 bridgehead atoms. The zero-order valence-electron chi connectivity index (χ0n) is 17.6. The smallest absolute Gasteiger partial charge is 0.253 e. The van der Waals surface area contributed by atoms with Crippen LogP contribution in [0.2, 0.25) is 18.1 Å². The van der Waals surface area contributed by atoms with E-state index in [0.717, 1.165) is 16.3 Å². The van der Waals surface area contributed by atoms with E-state index >= 15 is 0 Å². The quantitative estimate of drug-likeness (QED) is 0.392. The number of aromatic hydroxyl groups is 1. The molecule has 0 amide bonds. The van der Waals surface area contributed by atoms with Crippen LogP contribution in [0.15, 0.2) is 46.1 Å². The minimum Gasteiger partial charge on any atom is -0.508 e. The van der Waals surface area contributed by atoms with Crippen LogP contribution in [-0.2, 0) is 0 Å². The third-order valence-electron chi connectivity index (χ3n) is 6.81. The maximum Gasteiger partial charge on any atom is 0.253 e. The monoisotopic (exact) mass is 417 g/mol. The molecule has 0 aliphatic carbocycles. The maximum absolute atomic E-state index is 13.7. The maximum atomic E-state index is 13.7. The van der Waals surface area contributed by atoms with Gasteiger partial charge < -0.3 is 14.3 Å². The van der Waals surface area contributed by atoms with Gasteiger partial charge in [-0.25, -0.2) is 4.98 Å². The molecular formula is C23H23N3O3Si. The number of rotatable bonds is 1. The zero-order chi connectivity index (χ0) is 21.6. The van der Waals surface area contributed by atoms with E-state index in [2.05, 4.69) is 38.8 Å². The van der Waals surface area contributed by atoms with Crippen molar-refractivity contribution in [2.24, 2.45) is 0 Å². The van der Waals surface area contributed by atoms with Crippen LogP contribution in [0, 0.1) is 0 Å². The molecule has 152 valence electrons. The first kappa shape index (κ1) is 18.8. The second-order valence-electron chi connectivity index (χ2n) is 9.53. The fourth-order valence-corrected chi connectivity index (χ4v) is 6.11. The summed E-state index contributed by atoms with van der Waals surface area (Å²) in [7, 11) is -2.46. The number of H-pyrrole nitrogens is 1. The number of aromatic amines is 1. The summed E-state index contributed by atoms with van der Waals surface area (Å²) in [6.45, 7) is 10.4. The fraction of sp³-hybridized carbons (Fsp3) is 0.261. The first-order valence-electron chi connectivity index (χ1n) is 9.98. The van der Waals surface area contributed by atoms with Gasteiger partial charge in [0.15, 0.2) is 8.24 Å². The van der Waals surface area contributed by atoms with Gasteiger partial charge >= 0.3 is 0 Å². The summed E-state index contributed by atoms with van der Waals surface area (Å²) in [5, 5.41) is 13.0. The molecule has 0 unspecified atom stereocenters. The molecule has 6 nitrogen and oxygen atoms in total. The summed E-state index contributed by atoms with van der Waals surface area (Å²) in [5.74, 6) is 0.146. The van der Waals surface area contributed by atoms with Gasteiger partial charge in [0, 0.05) is 22.4 Å². The molecule has 0 radical (unpaired) electrons. The molecular weight excluding hydrogens is 394 g/mol. The Morgan fingerprint density at radius 2 is 1.67 bits per heavy atom. The van der Waals surface area contributed by atoms with Gasteiger partial charge in [0.1, 0.15) is 5.75 Å². The summed E-state index contributed by atoms with van der Waals surface area (Å²) >= 11 is 0. The number of benzene rings is 2. The van der Waals surface area contributed by atoms with E-state index in [4.69, 9.17) is 4.98 Å². The number of phenolic OH excluding ortho intramolecular Hbond substituents is 1. The van der Waals surface area contributed by atoms with Crippen LogP contribution in [0.1, 0.15) is 20.8 Å². The van der Waals surface area contributed by atoms with E-state index in [0.29, 0.717) is 27.2 Å². The molecule has 5 rings (SSSR count). The van der Waals surface area contributed by atoms with Gasteiger partial charge in [-0.05, 0) is 35.4 Å². The van der Waals surface area contributed by atoms with E-state index in [1.807, 2.05) is 6.07 Å². The first-order valence-corrected chi connectivity index (χ1v) is 12.9. The van der Waals surface area contributed by atoms with E-state index in [1.165, 1.54) is 4.23 Å². The Kier molecular flexibility index (Phi) is 3.57. The molecule has 0 aliphatic heterocycles. The van der Waals surface area contributed by atoms with Crippen LogP contribution in [0.3, 0.4) is 0 Å². The molecule has 30 heavy (non-hydrogen) atoms. The minimum atomic E-state index is -2.46. The number of pyridine rings is 2. The van der Waals surface area contributed by atoms with Gasteiger partial charge in [-0.2, -0.15) is 0 Å². The van der Waals surface area contributed by atoms with Crippen molar-refractivity contribution in [3.05, 3.63) is 57.2 Å². The molecule has 0 saturated carbocycles. The summed E-state index contributed by atoms with van der Waals surface area (Å²) in [5.41, 5.74) is 1.62. The SMILES string of the molecule is CC(C)(C)[Si](C)(C)n1c(=O)c2cc[nH]c3c4nc5ccc(O)cc5c4cc(c1=O)c23. The van der Waals surface area contributed by atoms with E-state index in [-0.39, 0.29) is 21.9 Å². The first-order chi connectivity index (χ1) is 14.0. The number of hydrogen-bond donors (Lipinski definition) is 2. The number of fused-ring (bicyclic) bond motifs is 4. The van der Waals surface area contributed by atoms with Crippen molar-refractivity contribution >= 4 is 51.7 Å². The van der Waals surface area contributed by atoms with Gasteiger partial charge in [-0.3, -0.25) is 9.59 Å². The lowest BCUT2D eigenvalue weighted by molar-refractivity contribution is 0.476. The lowest BCUT2D eigenvalue weighted by Gasteiger charge is -2.37. The number of nitrogens with zero attached hydrogens (tertiary/aromatic N) is 2. The fourth-order valence-electron chi connectivity index (χ4n) is 4.19. The molecule has 0 aliphatic rings. The van der Waals surface area contributed by atoms with Crippen LogP contribution in [-0.4, -0.2) is 27.5 Å². The van der Waals surface area contributed by atoms with Crippen molar-refractivity contribution in [1.82, 2.24) is 14.2 Å². The Labute approximate surface area is 173 Å². The highest BCUT2D eigenvalue weighted by molar-refractivity contribution is 6.78. The van der Waals surface area contributed by atoms with Crippen molar-refractivity contribution in [2.75, 3.05) is 0 Å². The third-order valence-corrected chi connectivity index (χ3v) is 12.0. The Morgan fingerprint density at radius 3 is 2.37 bits per heavy atom. The molecule has 7 heteroatoms. The summed E-state index contributed by atoms with van der Waals surface area (Å²) in [6, 6.07) is 8.60. The minimum absolute atomic E-state index is 0.146. The van der Waals surface area contributed by atoms with Crippen LogP contribution in [0.5, 0.6) is 5.75 Å². The Bertz CT molecular complexity index is 1610. The molecule has 0 saturated heterocycles. The van der Waals surface area contributed by atoms with Gasteiger partial charge in [0.05, 0.1) is 27.3 Å². The largest absolute Gasteiger partial charge is 0.508 e. The lowest BCUT2D eigenvalue weighted by atomic mass is 10.0. The molecule has 0 spiro atoms. The third kappa shape index (κ3) is 2.26. The van der Waals surface area contributed by atoms with Crippen LogP contribution in [0.4, 0.5) is 0 Å². The Balaban J connectivity index is 2.08. The Hall–Kier alpha value is -3.19. The standard InChI is InChI=1S/C23H23N3O3Si/c1-23(2,3)30(4,5)26-21(28)13-8-9-24-20-18(13)16(22(26)29)11-15-14-10-12(27)6-7-17(14)25-19(15)20/h6-11,24,27H,1-5H3. The van der Waals surface area contributed by atoms with Crippen molar-refractivity contribution in [3.8, 4) is 5.75 Å². The number of nitrogens with one attached hydrogen (secondary N) is 1. The summed E-state index contributed by atoms with van der Waals surface area (Å²) in [4.78, 5) is 35.2. The van der Waals surface area contributed by atoms with Crippen LogP contribution in [0.25, 0.3) is 43.5 Å². The van der Waals surface area contributed by atoms with Crippen molar-refractivity contribution in [3.63, 3.8) is 0 Å². The summed E-state index contributed by atoms with van der Waals surface area (Å²) in [6.07, 6.45) is 1.73. The molecule has 2 N–H and O–H groups in total. The number of aromatic nitrogens is 3. The number of hydrogen-bond acceptors (Lipinski definition) is 4. The van der Waals surface area contributed by atoms with Crippen LogP contribution < -0.4 is 11.1 Å². The van der Waals surface area contributed by atoms with Gasteiger partial charge in [0.2, 0.25) is 0 Å². The predicted molar refractivity (Wildman–Crippen MR) is 125 cm³/mol. The highest BCUT2D eigenvalue weighted by Gasteiger charge is 2.40. The summed E-state index contributed by atoms with van der Waals surface area (Å²) < 4.78 is 1.53. The lowest BCUT2D eigenvalue weighted by Crippen LogP contribution is -2.56. The average molecular weight is 418 g/mol.